The van der Waals surface area contributed by atoms with E-state index in [4.69, 9.17) is 5.10 Å². The molecule has 4 rings (SSSR count). The number of benzene rings is 2. The summed E-state index contributed by atoms with van der Waals surface area (Å²) >= 11 is 0. The molecule has 0 aliphatic carbocycles. The van der Waals surface area contributed by atoms with Crippen molar-refractivity contribution in [2.24, 2.45) is 0 Å². The van der Waals surface area contributed by atoms with Crippen LogP contribution >= 0.6 is 0 Å². The fourth-order valence-electron chi connectivity index (χ4n) is 3.59. The van der Waals surface area contributed by atoms with E-state index in [0.29, 0.717) is 6.54 Å². The topological polar surface area (TPSA) is 73.0 Å². The third-order valence-electron chi connectivity index (χ3n) is 4.94. The van der Waals surface area contributed by atoms with Gasteiger partial charge in [-0.3, -0.25) is 14.8 Å². The largest absolute Gasteiger partial charge is 0.317 e. The Morgan fingerprint density at radius 1 is 1.19 bits per heavy atom. The molecule has 2 heterocycles. The molecule has 134 valence electrons. The maximum Gasteiger partial charge on any atom is 0.270 e. The normalized spacial score (nSPS) is 15.4. The van der Waals surface area contributed by atoms with Gasteiger partial charge in [-0.2, -0.15) is 5.10 Å². The van der Waals surface area contributed by atoms with Crippen LogP contribution in [0.1, 0.15) is 30.0 Å². The van der Waals surface area contributed by atoms with Crippen LogP contribution in [-0.2, 0) is 6.54 Å². The van der Waals surface area contributed by atoms with E-state index in [1.807, 2.05) is 4.68 Å². The molecule has 1 fully saturated rings. The van der Waals surface area contributed by atoms with Gasteiger partial charge in [-0.05, 0) is 49.7 Å². The van der Waals surface area contributed by atoms with Crippen molar-refractivity contribution < 1.29 is 9.31 Å². The molecule has 1 saturated heterocycles. The third kappa shape index (κ3) is 3.17. The molecule has 1 aliphatic rings. The lowest BCUT2D eigenvalue weighted by atomic mass is 9.92. The Morgan fingerprint density at radius 2 is 1.92 bits per heavy atom. The highest BCUT2D eigenvalue weighted by atomic mass is 19.1. The molecular weight excluding hydrogens is 335 g/mol. The second kappa shape index (κ2) is 6.84. The van der Waals surface area contributed by atoms with Gasteiger partial charge in [0, 0.05) is 23.4 Å². The monoisotopic (exact) mass is 354 g/mol. The number of non-ortho nitro benzene ring substituents is 1. The van der Waals surface area contributed by atoms with E-state index in [1.165, 1.54) is 18.2 Å². The molecule has 0 bridgehead atoms. The standard InChI is InChI=1S/C19H19FN4O2/c20-15-3-1-13(2-4-15)12-23-18-6-5-16(24(25)26)11-17(18)19(22-23)14-7-9-21-10-8-14/h1-6,11,14,21H,7-10,12H2. The minimum Gasteiger partial charge on any atom is -0.317 e. The smallest absolute Gasteiger partial charge is 0.270 e. The highest BCUT2D eigenvalue weighted by Crippen LogP contribution is 2.33. The fourth-order valence-corrected chi connectivity index (χ4v) is 3.59. The molecule has 0 spiro atoms. The van der Waals surface area contributed by atoms with Crippen molar-refractivity contribution in [1.29, 1.82) is 0 Å². The molecule has 0 amide bonds. The summed E-state index contributed by atoms with van der Waals surface area (Å²) in [5, 5.41) is 20.2. The fraction of sp³-hybridized carbons (Fsp3) is 0.316. The number of fused-ring (bicyclic) bond motifs is 1. The van der Waals surface area contributed by atoms with Gasteiger partial charge in [0.15, 0.2) is 0 Å². The lowest BCUT2D eigenvalue weighted by molar-refractivity contribution is -0.384. The number of rotatable bonds is 4. The number of hydrogen-bond donors (Lipinski definition) is 1. The average Bonchev–Trinajstić information content (AvgIpc) is 3.02. The van der Waals surface area contributed by atoms with E-state index in [9.17, 15) is 14.5 Å². The van der Waals surface area contributed by atoms with Crippen LogP contribution in [0.25, 0.3) is 10.9 Å². The summed E-state index contributed by atoms with van der Waals surface area (Å²) in [4.78, 5) is 10.8. The van der Waals surface area contributed by atoms with Crippen LogP contribution in [0.2, 0.25) is 0 Å². The van der Waals surface area contributed by atoms with Crippen LogP contribution in [-0.4, -0.2) is 27.8 Å². The summed E-state index contributed by atoms with van der Waals surface area (Å²) in [7, 11) is 0. The molecule has 0 atom stereocenters. The highest BCUT2D eigenvalue weighted by molar-refractivity contribution is 5.85. The maximum absolute atomic E-state index is 13.2. The minimum atomic E-state index is -0.372. The molecule has 0 unspecified atom stereocenters. The van der Waals surface area contributed by atoms with E-state index in [2.05, 4.69) is 5.32 Å². The molecule has 0 radical (unpaired) electrons. The summed E-state index contributed by atoms with van der Waals surface area (Å²) in [6.07, 6.45) is 1.93. The first kappa shape index (κ1) is 16.7. The van der Waals surface area contributed by atoms with Gasteiger partial charge in [-0.15, -0.1) is 0 Å². The average molecular weight is 354 g/mol. The van der Waals surface area contributed by atoms with E-state index >= 15 is 0 Å². The quantitative estimate of drug-likeness (QED) is 0.574. The zero-order valence-corrected chi connectivity index (χ0v) is 14.2. The van der Waals surface area contributed by atoms with Crippen molar-refractivity contribution in [2.45, 2.75) is 25.3 Å². The van der Waals surface area contributed by atoms with E-state index in [0.717, 1.165) is 48.1 Å². The number of nitrogens with one attached hydrogen (secondary N) is 1. The maximum atomic E-state index is 13.2. The zero-order chi connectivity index (χ0) is 18.1. The Labute approximate surface area is 149 Å². The number of nitro benzene ring substituents is 1. The Kier molecular flexibility index (Phi) is 4.38. The molecule has 3 aromatic rings. The van der Waals surface area contributed by atoms with Crippen LogP contribution in [0.15, 0.2) is 42.5 Å². The van der Waals surface area contributed by atoms with Crippen molar-refractivity contribution in [3.63, 3.8) is 0 Å². The van der Waals surface area contributed by atoms with Crippen molar-refractivity contribution in [1.82, 2.24) is 15.1 Å². The van der Waals surface area contributed by atoms with Gasteiger partial charge in [0.2, 0.25) is 0 Å². The van der Waals surface area contributed by atoms with Gasteiger partial charge < -0.3 is 5.32 Å². The van der Waals surface area contributed by atoms with Gasteiger partial charge >= 0.3 is 0 Å². The van der Waals surface area contributed by atoms with Gasteiger partial charge in [0.1, 0.15) is 5.82 Å². The molecule has 1 aliphatic heterocycles. The van der Waals surface area contributed by atoms with Gasteiger partial charge in [-0.25, -0.2) is 4.39 Å². The Bertz CT molecular complexity index is 946. The van der Waals surface area contributed by atoms with Crippen molar-refractivity contribution >= 4 is 16.6 Å². The number of hydrogen-bond acceptors (Lipinski definition) is 4. The van der Waals surface area contributed by atoms with E-state index in [1.54, 1.807) is 24.3 Å². The Morgan fingerprint density at radius 3 is 2.62 bits per heavy atom. The first-order valence-corrected chi connectivity index (χ1v) is 8.72. The summed E-state index contributed by atoms with van der Waals surface area (Å²) in [5.74, 6) is 0.0142. The Balaban J connectivity index is 1.79. The summed E-state index contributed by atoms with van der Waals surface area (Å²) < 4.78 is 15.0. The first-order valence-electron chi connectivity index (χ1n) is 8.72. The predicted octanol–water partition coefficient (Wildman–Crippen LogP) is 3.60. The number of aromatic nitrogens is 2. The lowest BCUT2D eigenvalue weighted by Crippen LogP contribution is -2.27. The van der Waals surface area contributed by atoms with Crippen LogP contribution in [0.4, 0.5) is 10.1 Å². The molecule has 1 N–H and O–H groups in total. The highest BCUT2D eigenvalue weighted by Gasteiger charge is 2.23. The minimum absolute atomic E-state index is 0.0778. The zero-order valence-electron chi connectivity index (χ0n) is 14.2. The SMILES string of the molecule is O=[N+]([O-])c1ccc2c(c1)c(C1CCNCC1)nn2Cc1ccc(F)cc1. The lowest BCUT2D eigenvalue weighted by Gasteiger charge is -2.21. The van der Waals surface area contributed by atoms with Gasteiger partial charge in [0.25, 0.3) is 5.69 Å². The molecule has 1 aromatic heterocycles. The Hall–Kier alpha value is -2.80. The predicted molar refractivity (Wildman–Crippen MR) is 96.7 cm³/mol. The number of nitrogens with zero attached hydrogens (tertiary/aromatic N) is 3. The van der Waals surface area contributed by atoms with Gasteiger partial charge in [-0.1, -0.05) is 12.1 Å². The number of nitro groups is 1. The van der Waals surface area contributed by atoms with Crippen LogP contribution in [0.5, 0.6) is 0 Å². The van der Waals surface area contributed by atoms with E-state index in [-0.39, 0.29) is 22.3 Å². The molecule has 6 nitrogen and oxygen atoms in total. The molecule has 26 heavy (non-hydrogen) atoms. The molecule has 2 aromatic carbocycles. The second-order valence-electron chi connectivity index (χ2n) is 6.65. The summed E-state index contributed by atoms with van der Waals surface area (Å²) in [5.41, 5.74) is 2.81. The third-order valence-corrected chi connectivity index (χ3v) is 4.94. The summed E-state index contributed by atoms with van der Waals surface area (Å²) in [6, 6.07) is 11.2. The molecule has 0 saturated carbocycles. The van der Waals surface area contributed by atoms with Crippen LogP contribution in [0.3, 0.4) is 0 Å². The molecular formula is C19H19FN4O2. The van der Waals surface area contributed by atoms with Crippen molar-refractivity contribution in [3.05, 3.63) is 69.7 Å². The molecule has 7 heteroatoms. The van der Waals surface area contributed by atoms with Crippen molar-refractivity contribution in [3.8, 4) is 0 Å². The second-order valence-corrected chi connectivity index (χ2v) is 6.65. The van der Waals surface area contributed by atoms with Crippen LogP contribution in [0, 0.1) is 15.9 Å². The van der Waals surface area contributed by atoms with Crippen LogP contribution < -0.4 is 5.32 Å². The van der Waals surface area contributed by atoms with E-state index < -0.39 is 0 Å². The van der Waals surface area contributed by atoms with Crippen molar-refractivity contribution in [2.75, 3.05) is 13.1 Å². The van der Waals surface area contributed by atoms with Gasteiger partial charge in [0.05, 0.1) is 22.7 Å². The first-order chi connectivity index (χ1) is 12.6. The number of piperidine rings is 1. The summed E-state index contributed by atoms with van der Waals surface area (Å²) in [6.45, 7) is 2.34. The number of halogens is 1.